The molecule has 0 amide bonds. The minimum atomic E-state index is 0.254. The maximum Gasteiger partial charge on any atom is 0.0770 e. The van der Waals surface area contributed by atoms with Crippen molar-refractivity contribution in [2.24, 2.45) is 22.6 Å². The highest BCUT2D eigenvalue weighted by Crippen LogP contribution is 2.36. The molecule has 0 aliphatic heterocycles. The van der Waals surface area contributed by atoms with Gasteiger partial charge in [-0.05, 0) is 154 Å². The van der Waals surface area contributed by atoms with Crippen molar-refractivity contribution in [1.82, 2.24) is 4.90 Å². The molecule has 4 atom stereocenters. The van der Waals surface area contributed by atoms with E-state index >= 15 is 0 Å². The molecule has 0 aromatic heterocycles. The van der Waals surface area contributed by atoms with Crippen molar-refractivity contribution in [2.75, 3.05) is 33.8 Å². The Morgan fingerprint density at radius 1 is 0.627 bits per heavy atom. The molecule has 0 saturated heterocycles. The number of allylic oxidation sites excluding steroid dienone is 9. The molecule has 0 radical (unpaired) electrons. The molecule has 0 spiro atoms. The molecule has 1 aliphatic rings. The van der Waals surface area contributed by atoms with Crippen LogP contribution in [0.2, 0.25) is 0 Å². The lowest BCUT2D eigenvalue weighted by molar-refractivity contribution is 0.0493. The summed E-state index contributed by atoms with van der Waals surface area (Å²) >= 11 is 0. The average molecular weight is 820 g/mol. The fraction of sp³-hybridized carbons (Fsp3) is 0.800. The summed E-state index contributed by atoms with van der Waals surface area (Å²) in [6.45, 7) is 11.8. The van der Waals surface area contributed by atoms with E-state index < -0.39 is 0 Å². The highest BCUT2D eigenvalue weighted by atomic mass is 16.5. The molecule has 0 bridgehead atoms. The van der Waals surface area contributed by atoms with Gasteiger partial charge < -0.3 is 15.4 Å². The van der Waals surface area contributed by atoms with Gasteiger partial charge in [-0.2, -0.15) is 0 Å². The van der Waals surface area contributed by atoms with Gasteiger partial charge in [-0.15, -0.1) is 0 Å². The van der Waals surface area contributed by atoms with Crippen LogP contribution in [0.1, 0.15) is 226 Å². The van der Waals surface area contributed by atoms with Crippen LogP contribution < -0.4 is 5.73 Å². The Morgan fingerprint density at radius 3 is 1.63 bits per heavy atom. The Labute approximate surface area is 369 Å². The fourth-order valence-electron chi connectivity index (χ4n) is 8.51. The van der Waals surface area contributed by atoms with Gasteiger partial charge in [-0.25, -0.2) is 0 Å². The van der Waals surface area contributed by atoms with E-state index in [-0.39, 0.29) is 12.1 Å². The number of unbranched alkanes of at least 4 members (excludes halogenated alkanes) is 20. The van der Waals surface area contributed by atoms with Gasteiger partial charge in [0.15, 0.2) is 0 Å². The summed E-state index contributed by atoms with van der Waals surface area (Å²) in [4.78, 5) is 7.22. The summed E-state index contributed by atoms with van der Waals surface area (Å²) in [6.07, 6.45) is 63.1. The normalized spacial score (nSPS) is 18.1. The predicted molar refractivity (Wildman–Crippen MR) is 266 cm³/mol. The summed E-state index contributed by atoms with van der Waals surface area (Å²) in [5.41, 5.74) is 8.19. The molecular weight excluding hydrogens is 719 g/mol. The van der Waals surface area contributed by atoms with Crippen LogP contribution in [0, 0.1) is 11.8 Å². The number of nitrogens with zero attached hydrogens (tertiary/aromatic N) is 2. The number of hydrogen-bond donors (Lipinski definition) is 1. The van der Waals surface area contributed by atoms with Gasteiger partial charge in [0.1, 0.15) is 0 Å². The first kappa shape index (κ1) is 55.3. The second kappa shape index (κ2) is 42.9. The van der Waals surface area contributed by atoms with E-state index in [4.69, 9.17) is 15.5 Å². The highest BCUT2D eigenvalue weighted by molar-refractivity contribution is 5.57. The first-order valence-corrected chi connectivity index (χ1v) is 25.7. The van der Waals surface area contributed by atoms with Crippen LogP contribution in [0.25, 0.3) is 0 Å². The van der Waals surface area contributed by atoms with Crippen LogP contribution in [0.3, 0.4) is 0 Å². The molecule has 59 heavy (non-hydrogen) atoms. The van der Waals surface area contributed by atoms with E-state index in [1.165, 1.54) is 179 Å². The molecular formula is C55H101N3O. The third-order valence-electron chi connectivity index (χ3n) is 12.5. The van der Waals surface area contributed by atoms with Crippen LogP contribution in [0.4, 0.5) is 0 Å². The summed E-state index contributed by atoms with van der Waals surface area (Å²) in [7, 11) is 4.30. The lowest BCUT2D eigenvalue weighted by Crippen LogP contribution is -2.31. The van der Waals surface area contributed by atoms with Gasteiger partial charge in [0.2, 0.25) is 0 Å². The van der Waals surface area contributed by atoms with Crippen molar-refractivity contribution < 1.29 is 4.74 Å². The number of nitrogens with two attached hydrogens (primary N) is 1. The van der Waals surface area contributed by atoms with E-state index in [1.807, 2.05) is 0 Å². The van der Waals surface area contributed by atoms with Gasteiger partial charge in [0.05, 0.1) is 12.6 Å². The molecule has 1 rings (SSSR count). The topological polar surface area (TPSA) is 50.8 Å². The molecule has 0 heterocycles. The lowest BCUT2D eigenvalue weighted by Gasteiger charge is -2.21. The average Bonchev–Trinajstić information content (AvgIpc) is 3.56. The number of rotatable bonds is 43. The zero-order valence-electron chi connectivity index (χ0n) is 40.0. The largest absolute Gasteiger partial charge is 0.376 e. The smallest absolute Gasteiger partial charge is 0.0770 e. The van der Waals surface area contributed by atoms with Crippen molar-refractivity contribution in [1.29, 1.82) is 0 Å². The van der Waals surface area contributed by atoms with Crippen molar-refractivity contribution in [3.05, 3.63) is 60.8 Å². The van der Waals surface area contributed by atoms with E-state index in [1.54, 1.807) is 0 Å². The van der Waals surface area contributed by atoms with Crippen LogP contribution in [0.5, 0.6) is 0 Å². The Morgan fingerprint density at radius 2 is 1.10 bits per heavy atom. The van der Waals surface area contributed by atoms with Crippen LogP contribution >= 0.6 is 0 Å². The monoisotopic (exact) mass is 820 g/mol. The maximum atomic E-state index is 6.80. The lowest BCUT2D eigenvalue weighted by atomic mass is 9.90. The molecule has 4 heteroatoms. The van der Waals surface area contributed by atoms with Gasteiger partial charge >= 0.3 is 0 Å². The quantitative estimate of drug-likeness (QED) is 0.0379. The number of ether oxygens (including phenoxy) is 1. The summed E-state index contributed by atoms with van der Waals surface area (Å²) in [6, 6.07) is 0.275. The van der Waals surface area contributed by atoms with Crippen molar-refractivity contribution in [2.45, 2.75) is 238 Å². The van der Waals surface area contributed by atoms with Gasteiger partial charge in [-0.3, -0.25) is 4.99 Å². The van der Waals surface area contributed by atoms with Gasteiger partial charge in [0, 0.05) is 12.6 Å². The first-order valence-electron chi connectivity index (χ1n) is 25.7. The predicted octanol–water partition coefficient (Wildman–Crippen LogP) is 16.3. The minimum absolute atomic E-state index is 0.254. The molecule has 1 fully saturated rings. The SMILES string of the molecule is C=C(CCCN(C)C)CC1CCC(CC=NCC(CCCCCCCCCC/C=C\C/C=C\CCCCC)OCCCCCCCC/C=C\C/C=C\CCCCC)C1N. The van der Waals surface area contributed by atoms with Crippen LogP contribution in [-0.2, 0) is 4.74 Å². The Balaban J connectivity index is 2.31. The van der Waals surface area contributed by atoms with Gasteiger partial charge in [0.25, 0.3) is 0 Å². The third kappa shape index (κ3) is 36.6. The minimum Gasteiger partial charge on any atom is -0.376 e. The maximum absolute atomic E-state index is 6.80. The molecule has 4 nitrogen and oxygen atoms in total. The molecule has 2 N–H and O–H groups in total. The fourth-order valence-corrected chi connectivity index (χ4v) is 8.51. The second-order valence-corrected chi connectivity index (χ2v) is 18.5. The summed E-state index contributed by atoms with van der Waals surface area (Å²) in [5.74, 6) is 1.14. The molecule has 1 aliphatic carbocycles. The van der Waals surface area contributed by atoms with Crippen LogP contribution in [-0.4, -0.2) is 57.1 Å². The first-order chi connectivity index (χ1) is 29.0. The summed E-state index contributed by atoms with van der Waals surface area (Å²) in [5, 5.41) is 0. The van der Waals surface area contributed by atoms with Crippen molar-refractivity contribution in [3.8, 4) is 0 Å². The van der Waals surface area contributed by atoms with Crippen molar-refractivity contribution >= 4 is 6.21 Å². The molecule has 0 aromatic rings. The molecule has 342 valence electrons. The second-order valence-electron chi connectivity index (χ2n) is 18.5. The Kier molecular flexibility index (Phi) is 40.2. The zero-order chi connectivity index (χ0) is 42.7. The molecule has 1 saturated carbocycles. The van der Waals surface area contributed by atoms with Crippen LogP contribution in [0.15, 0.2) is 65.8 Å². The Bertz CT molecular complexity index is 1060. The highest BCUT2D eigenvalue weighted by Gasteiger charge is 2.32. The zero-order valence-corrected chi connectivity index (χ0v) is 40.0. The number of hydrogen-bond acceptors (Lipinski definition) is 4. The van der Waals surface area contributed by atoms with Crippen molar-refractivity contribution in [3.63, 3.8) is 0 Å². The van der Waals surface area contributed by atoms with E-state index in [0.29, 0.717) is 11.8 Å². The van der Waals surface area contributed by atoms with E-state index in [2.05, 4.69) is 94.2 Å². The third-order valence-corrected chi connectivity index (χ3v) is 12.5. The summed E-state index contributed by atoms with van der Waals surface area (Å²) < 4.78 is 6.52. The molecule has 0 aromatic carbocycles. The molecule has 4 unspecified atom stereocenters. The standard InChI is InChI=1S/C55H101N3O/c1-6-8-10-12-14-16-18-20-22-24-25-26-28-30-32-34-36-38-42-54(59-48-39-37-35-33-31-29-27-23-21-19-17-15-13-11-9-7-2)50-57-46-45-52-43-44-53(55(52)56)49-51(3)41-40-47-58(4)5/h14-17,20-23,46,52-55H,3,6-13,18-19,24-45,47-50,56H2,1-2,4-5H3/b16-14-,17-15-,22-20-,23-21-,57-46?. The Hall–Kier alpha value is -1.75. The number of aliphatic imine (C=N–C) groups is 1. The van der Waals surface area contributed by atoms with E-state index in [0.717, 1.165) is 58.2 Å². The van der Waals surface area contributed by atoms with Gasteiger partial charge in [-0.1, -0.05) is 171 Å². The van der Waals surface area contributed by atoms with E-state index in [9.17, 15) is 0 Å².